The number of nitrogens with one attached hydrogen (secondary N) is 2. The maximum atomic E-state index is 11.3. The Morgan fingerprint density at radius 3 is 2.52 bits per heavy atom. The van der Waals surface area contributed by atoms with E-state index >= 15 is 0 Å². The summed E-state index contributed by atoms with van der Waals surface area (Å²) in [5, 5.41) is 6.31. The largest absolute Gasteiger partial charge is 0.326 e. The number of hydrogen-bond acceptors (Lipinski definition) is 3. The number of rotatable bonds is 6. The maximum absolute atomic E-state index is 11.3. The van der Waals surface area contributed by atoms with Crippen molar-refractivity contribution in [2.45, 2.75) is 32.9 Å². The number of halogens is 1. The Bertz CT molecular complexity index is 595. The molecule has 5 heteroatoms. The molecule has 0 radical (unpaired) electrons. The van der Waals surface area contributed by atoms with Gasteiger partial charge in [-0.15, -0.1) is 11.3 Å². The van der Waals surface area contributed by atoms with Crippen LogP contribution < -0.4 is 10.6 Å². The highest BCUT2D eigenvalue weighted by Gasteiger charge is 2.06. The molecule has 0 aliphatic heterocycles. The molecule has 0 spiro atoms. The van der Waals surface area contributed by atoms with Gasteiger partial charge in [0.2, 0.25) is 5.91 Å². The molecule has 0 unspecified atom stereocenters. The molecule has 0 saturated carbocycles. The zero-order chi connectivity index (χ0) is 15.2. The summed E-state index contributed by atoms with van der Waals surface area (Å²) in [7, 11) is 0. The van der Waals surface area contributed by atoms with Gasteiger partial charge >= 0.3 is 0 Å². The molecule has 112 valence electrons. The van der Waals surface area contributed by atoms with E-state index in [0.29, 0.717) is 6.42 Å². The van der Waals surface area contributed by atoms with Crippen molar-refractivity contribution >= 4 is 34.5 Å². The van der Waals surface area contributed by atoms with Gasteiger partial charge in [0.05, 0.1) is 4.34 Å². The number of carbonyl (C=O) groups excluding carboxylic acids is 1. The van der Waals surface area contributed by atoms with Crippen molar-refractivity contribution in [3.8, 4) is 0 Å². The Kier molecular flexibility index (Phi) is 5.79. The zero-order valence-electron chi connectivity index (χ0n) is 12.2. The molecule has 0 fully saturated rings. The van der Waals surface area contributed by atoms with E-state index in [2.05, 4.69) is 17.6 Å². The van der Waals surface area contributed by atoms with Crippen molar-refractivity contribution in [2.24, 2.45) is 0 Å². The van der Waals surface area contributed by atoms with E-state index in [1.807, 2.05) is 43.3 Å². The molecule has 1 heterocycles. The molecular formula is C16H19ClN2OS. The summed E-state index contributed by atoms with van der Waals surface area (Å²) in [6.07, 6.45) is 0.489. The van der Waals surface area contributed by atoms with Crippen LogP contribution in [0.4, 0.5) is 5.69 Å². The fourth-order valence-electron chi connectivity index (χ4n) is 1.92. The molecule has 2 rings (SSSR count). The predicted molar refractivity (Wildman–Crippen MR) is 89.9 cm³/mol. The standard InChI is InChI=1S/C16H19ClN2OS/c1-3-16(20)19-13-6-4-12(5-7-13)11(2)18-10-14-8-9-15(17)21-14/h4-9,11,18H,3,10H2,1-2H3,(H,19,20)/t11-/m0/s1. The monoisotopic (exact) mass is 322 g/mol. The smallest absolute Gasteiger partial charge is 0.224 e. The first-order valence-corrected chi connectivity index (χ1v) is 8.15. The summed E-state index contributed by atoms with van der Waals surface area (Å²) in [4.78, 5) is 12.5. The van der Waals surface area contributed by atoms with Crippen molar-refractivity contribution in [2.75, 3.05) is 5.32 Å². The first-order valence-electron chi connectivity index (χ1n) is 6.96. The van der Waals surface area contributed by atoms with Crippen molar-refractivity contribution in [1.29, 1.82) is 0 Å². The summed E-state index contributed by atoms with van der Waals surface area (Å²) >= 11 is 7.51. The molecule has 1 aromatic heterocycles. The Hall–Kier alpha value is -1.36. The number of carbonyl (C=O) groups is 1. The molecule has 0 aliphatic carbocycles. The van der Waals surface area contributed by atoms with Gasteiger partial charge in [-0.25, -0.2) is 0 Å². The number of anilines is 1. The third kappa shape index (κ3) is 4.84. The third-order valence-electron chi connectivity index (χ3n) is 3.23. The van der Waals surface area contributed by atoms with Gasteiger partial charge in [0, 0.05) is 29.6 Å². The molecular weight excluding hydrogens is 304 g/mol. The van der Waals surface area contributed by atoms with Gasteiger partial charge in [0.15, 0.2) is 0 Å². The second kappa shape index (κ2) is 7.59. The highest BCUT2D eigenvalue weighted by atomic mass is 35.5. The van der Waals surface area contributed by atoms with Crippen molar-refractivity contribution in [3.63, 3.8) is 0 Å². The van der Waals surface area contributed by atoms with Crippen LogP contribution in [0, 0.1) is 0 Å². The highest BCUT2D eigenvalue weighted by Crippen LogP contribution is 2.22. The van der Waals surface area contributed by atoms with Gasteiger partial charge in [0.1, 0.15) is 0 Å². The summed E-state index contributed by atoms with van der Waals surface area (Å²) in [5.74, 6) is 0.0310. The molecule has 0 bridgehead atoms. The van der Waals surface area contributed by atoms with E-state index in [4.69, 9.17) is 11.6 Å². The van der Waals surface area contributed by atoms with Crippen LogP contribution in [0.2, 0.25) is 4.34 Å². The normalized spacial score (nSPS) is 12.1. The number of thiophene rings is 1. The molecule has 0 aliphatic rings. The van der Waals surface area contributed by atoms with E-state index in [0.717, 1.165) is 16.6 Å². The SMILES string of the molecule is CCC(=O)Nc1ccc([C@H](C)NCc2ccc(Cl)s2)cc1. The topological polar surface area (TPSA) is 41.1 Å². The van der Waals surface area contributed by atoms with Crippen molar-refractivity contribution in [3.05, 3.63) is 51.2 Å². The summed E-state index contributed by atoms with van der Waals surface area (Å²) in [5.41, 5.74) is 2.02. The second-order valence-corrected chi connectivity index (χ2v) is 6.63. The molecule has 0 saturated heterocycles. The Morgan fingerprint density at radius 1 is 1.24 bits per heavy atom. The van der Waals surface area contributed by atoms with E-state index in [-0.39, 0.29) is 11.9 Å². The second-order valence-electron chi connectivity index (χ2n) is 4.83. The lowest BCUT2D eigenvalue weighted by molar-refractivity contribution is -0.115. The van der Waals surface area contributed by atoms with E-state index in [9.17, 15) is 4.79 Å². The van der Waals surface area contributed by atoms with Gasteiger partial charge in [-0.05, 0) is 36.8 Å². The van der Waals surface area contributed by atoms with Crippen LogP contribution in [0.15, 0.2) is 36.4 Å². The Morgan fingerprint density at radius 2 is 1.95 bits per heavy atom. The predicted octanol–water partition coefficient (Wildman–Crippen LogP) is 4.60. The maximum Gasteiger partial charge on any atom is 0.224 e. The lowest BCUT2D eigenvalue weighted by Gasteiger charge is -2.14. The molecule has 1 amide bonds. The molecule has 2 N–H and O–H groups in total. The lowest BCUT2D eigenvalue weighted by atomic mass is 10.1. The number of benzene rings is 1. The Balaban J connectivity index is 1.90. The minimum Gasteiger partial charge on any atom is -0.326 e. The first-order chi connectivity index (χ1) is 10.1. The van der Waals surface area contributed by atoms with Gasteiger partial charge in [-0.2, -0.15) is 0 Å². The molecule has 1 aromatic carbocycles. The minimum atomic E-state index is 0.0310. The van der Waals surface area contributed by atoms with Crippen LogP contribution in [0.1, 0.15) is 36.8 Å². The van der Waals surface area contributed by atoms with Crippen LogP contribution in [0.3, 0.4) is 0 Å². The number of amides is 1. The van der Waals surface area contributed by atoms with Crippen molar-refractivity contribution in [1.82, 2.24) is 5.32 Å². The molecule has 3 nitrogen and oxygen atoms in total. The van der Waals surface area contributed by atoms with Crippen LogP contribution in [0.25, 0.3) is 0 Å². The summed E-state index contributed by atoms with van der Waals surface area (Å²) in [6.45, 7) is 4.76. The van der Waals surface area contributed by atoms with Crippen LogP contribution >= 0.6 is 22.9 Å². The van der Waals surface area contributed by atoms with Gasteiger partial charge in [0.25, 0.3) is 0 Å². The fraction of sp³-hybridized carbons (Fsp3) is 0.312. The van der Waals surface area contributed by atoms with Gasteiger partial charge in [-0.1, -0.05) is 30.7 Å². The van der Waals surface area contributed by atoms with E-state index < -0.39 is 0 Å². The average Bonchev–Trinajstić information content (AvgIpc) is 2.91. The highest BCUT2D eigenvalue weighted by molar-refractivity contribution is 7.16. The molecule has 1 atom stereocenters. The van der Waals surface area contributed by atoms with E-state index in [1.54, 1.807) is 11.3 Å². The van der Waals surface area contributed by atoms with Crippen LogP contribution in [0.5, 0.6) is 0 Å². The number of hydrogen-bond donors (Lipinski definition) is 2. The summed E-state index contributed by atoms with van der Waals surface area (Å²) in [6, 6.07) is 12.1. The van der Waals surface area contributed by atoms with Crippen molar-refractivity contribution < 1.29 is 4.79 Å². The van der Waals surface area contributed by atoms with Crippen LogP contribution in [-0.4, -0.2) is 5.91 Å². The molecule has 21 heavy (non-hydrogen) atoms. The zero-order valence-corrected chi connectivity index (χ0v) is 13.7. The molecule has 2 aromatic rings. The first kappa shape index (κ1) is 16.0. The average molecular weight is 323 g/mol. The minimum absolute atomic E-state index is 0.0310. The quantitative estimate of drug-likeness (QED) is 0.816. The van der Waals surface area contributed by atoms with E-state index in [1.165, 1.54) is 10.4 Å². The lowest BCUT2D eigenvalue weighted by Crippen LogP contribution is -2.17. The van der Waals surface area contributed by atoms with Gasteiger partial charge in [-0.3, -0.25) is 4.79 Å². The van der Waals surface area contributed by atoms with Gasteiger partial charge < -0.3 is 10.6 Å². The summed E-state index contributed by atoms with van der Waals surface area (Å²) < 4.78 is 0.815. The van der Waals surface area contributed by atoms with Crippen LogP contribution in [-0.2, 0) is 11.3 Å². The fourth-order valence-corrected chi connectivity index (χ4v) is 2.96. The third-order valence-corrected chi connectivity index (χ3v) is 4.46. The Labute approximate surface area is 134 Å².